The standard InChI is InChI=1S/C13H18N4O2S/c1-3-14-13-15-11(17-5-9(18)10(19)6-17)8-4-7(2)20-12(8)16-13/h4,9-10,18-19H,3,5-6H2,1-2H3,(H,14,15,16). The third-order valence-electron chi connectivity index (χ3n) is 3.39. The van der Waals surface area contributed by atoms with E-state index in [1.165, 1.54) is 4.88 Å². The number of aliphatic hydroxyl groups is 2. The summed E-state index contributed by atoms with van der Waals surface area (Å²) in [7, 11) is 0. The molecule has 3 N–H and O–H groups in total. The first-order valence-electron chi connectivity index (χ1n) is 6.71. The van der Waals surface area contributed by atoms with Crippen molar-refractivity contribution in [3.63, 3.8) is 0 Å². The van der Waals surface area contributed by atoms with Gasteiger partial charge >= 0.3 is 0 Å². The Balaban J connectivity index is 2.07. The van der Waals surface area contributed by atoms with Crippen LogP contribution in [0.25, 0.3) is 10.2 Å². The Kier molecular flexibility index (Phi) is 3.49. The number of nitrogens with one attached hydrogen (secondary N) is 1. The Labute approximate surface area is 121 Å². The van der Waals surface area contributed by atoms with Gasteiger partial charge in [0.1, 0.15) is 10.6 Å². The van der Waals surface area contributed by atoms with Crippen molar-refractivity contribution >= 4 is 33.3 Å². The van der Waals surface area contributed by atoms with E-state index in [-0.39, 0.29) is 0 Å². The molecule has 0 saturated carbocycles. The monoisotopic (exact) mass is 294 g/mol. The van der Waals surface area contributed by atoms with Gasteiger partial charge in [0.15, 0.2) is 0 Å². The molecule has 2 unspecified atom stereocenters. The second kappa shape index (κ2) is 5.16. The number of β-amino-alcohol motifs (C(OH)–C–C–N with tert-alkyl or cyclic N) is 2. The van der Waals surface area contributed by atoms with Crippen molar-refractivity contribution in [2.45, 2.75) is 26.1 Å². The molecular weight excluding hydrogens is 276 g/mol. The van der Waals surface area contributed by atoms with Crippen LogP contribution in [0.5, 0.6) is 0 Å². The summed E-state index contributed by atoms with van der Waals surface area (Å²) in [5.74, 6) is 1.37. The lowest BCUT2D eigenvalue weighted by Gasteiger charge is -2.18. The molecule has 1 aliphatic heterocycles. The van der Waals surface area contributed by atoms with Gasteiger partial charge < -0.3 is 20.4 Å². The number of anilines is 2. The second-order valence-corrected chi connectivity index (χ2v) is 6.25. The minimum Gasteiger partial charge on any atom is -0.389 e. The average molecular weight is 294 g/mol. The molecule has 3 heterocycles. The maximum atomic E-state index is 9.73. The van der Waals surface area contributed by atoms with Gasteiger partial charge in [-0.25, -0.2) is 4.98 Å². The molecule has 108 valence electrons. The van der Waals surface area contributed by atoms with Gasteiger partial charge in [-0.05, 0) is 19.9 Å². The maximum Gasteiger partial charge on any atom is 0.226 e. The Bertz CT molecular complexity index is 620. The van der Waals surface area contributed by atoms with Gasteiger partial charge in [-0.3, -0.25) is 0 Å². The van der Waals surface area contributed by atoms with E-state index < -0.39 is 12.2 Å². The average Bonchev–Trinajstić information content (AvgIpc) is 2.92. The summed E-state index contributed by atoms with van der Waals surface area (Å²) >= 11 is 1.62. The van der Waals surface area contributed by atoms with Gasteiger partial charge in [-0.1, -0.05) is 0 Å². The molecule has 0 bridgehead atoms. The topological polar surface area (TPSA) is 81.5 Å². The van der Waals surface area contributed by atoms with Crippen LogP contribution in [0.2, 0.25) is 0 Å². The van der Waals surface area contributed by atoms with Crippen molar-refractivity contribution in [3.8, 4) is 0 Å². The fourth-order valence-corrected chi connectivity index (χ4v) is 3.32. The highest BCUT2D eigenvalue weighted by Crippen LogP contribution is 2.33. The van der Waals surface area contributed by atoms with Gasteiger partial charge in [-0.2, -0.15) is 4.98 Å². The maximum absolute atomic E-state index is 9.73. The molecule has 3 rings (SSSR count). The number of hydrogen-bond donors (Lipinski definition) is 3. The zero-order valence-corrected chi connectivity index (χ0v) is 12.3. The van der Waals surface area contributed by atoms with E-state index in [0.29, 0.717) is 19.0 Å². The van der Waals surface area contributed by atoms with Gasteiger partial charge in [0.25, 0.3) is 0 Å². The fraction of sp³-hybridized carbons (Fsp3) is 0.538. The Morgan fingerprint density at radius 1 is 1.35 bits per heavy atom. The second-order valence-electron chi connectivity index (χ2n) is 5.02. The lowest BCUT2D eigenvalue weighted by molar-refractivity contribution is 0.0572. The number of aliphatic hydroxyl groups excluding tert-OH is 2. The number of rotatable bonds is 3. The van der Waals surface area contributed by atoms with E-state index in [1.807, 2.05) is 18.7 Å². The van der Waals surface area contributed by atoms with Crippen LogP contribution < -0.4 is 10.2 Å². The lowest BCUT2D eigenvalue weighted by atomic mass is 10.3. The molecule has 1 fully saturated rings. The van der Waals surface area contributed by atoms with Gasteiger partial charge in [0.2, 0.25) is 5.95 Å². The summed E-state index contributed by atoms with van der Waals surface area (Å²) in [6, 6.07) is 2.06. The van der Waals surface area contributed by atoms with Crippen molar-refractivity contribution < 1.29 is 10.2 Å². The highest BCUT2D eigenvalue weighted by Gasteiger charge is 2.31. The summed E-state index contributed by atoms with van der Waals surface area (Å²) in [6.07, 6.45) is -1.44. The number of hydrogen-bond acceptors (Lipinski definition) is 7. The third kappa shape index (κ3) is 2.32. The van der Waals surface area contributed by atoms with Crippen molar-refractivity contribution in [1.82, 2.24) is 9.97 Å². The van der Waals surface area contributed by atoms with Crippen molar-refractivity contribution in [2.24, 2.45) is 0 Å². The number of aromatic nitrogens is 2. The van der Waals surface area contributed by atoms with E-state index in [1.54, 1.807) is 11.3 Å². The predicted molar refractivity (Wildman–Crippen MR) is 80.5 cm³/mol. The molecule has 20 heavy (non-hydrogen) atoms. The van der Waals surface area contributed by atoms with Crippen LogP contribution in [0.15, 0.2) is 6.07 Å². The van der Waals surface area contributed by atoms with Gasteiger partial charge in [0, 0.05) is 24.5 Å². The van der Waals surface area contributed by atoms with Gasteiger partial charge in [0.05, 0.1) is 17.6 Å². The molecule has 6 nitrogen and oxygen atoms in total. The van der Waals surface area contributed by atoms with E-state index in [9.17, 15) is 10.2 Å². The van der Waals surface area contributed by atoms with E-state index in [0.717, 1.165) is 22.6 Å². The van der Waals surface area contributed by atoms with Crippen LogP contribution in [-0.4, -0.2) is 52.0 Å². The zero-order valence-electron chi connectivity index (χ0n) is 11.5. The Morgan fingerprint density at radius 3 is 2.70 bits per heavy atom. The smallest absolute Gasteiger partial charge is 0.226 e. The van der Waals surface area contributed by atoms with E-state index >= 15 is 0 Å². The fourth-order valence-electron chi connectivity index (χ4n) is 2.45. The molecule has 2 atom stereocenters. The molecule has 0 aliphatic carbocycles. The number of thiophene rings is 1. The first-order valence-corrected chi connectivity index (χ1v) is 7.53. The SMILES string of the molecule is CCNc1nc(N2CC(O)C(O)C2)c2cc(C)sc2n1. The normalized spacial score (nSPS) is 22.7. The summed E-state index contributed by atoms with van der Waals surface area (Å²) in [4.78, 5) is 13.1. The molecule has 1 aliphatic rings. The number of nitrogens with zero attached hydrogens (tertiary/aromatic N) is 3. The lowest BCUT2D eigenvalue weighted by Crippen LogP contribution is -2.23. The summed E-state index contributed by atoms with van der Waals surface area (Å²) in [5.41, 5.74) is 0. The molecule has 0 aromatic carbocycles. The van der Waals surface area contributed by atoms with Crippen LogP contribution in [0.1, 0.15) is 11.8 Å². The summed E-state index contributed by atoms with van der Waals surface area (Å²) < 4.78 is 0. The van der Waals surface area contributed by atoms with E-state index in [2.05, 4.69) is 21.4 Å². The summed E-state index contributed by atoms with van der Waals surface area (Å²) in [6.45, 7) is 5.58. The summed E-state index contributed by atoms with van der Waals surface area (Å²) in [5, 5.41) is 23.6. The number of fused-ring (bicyclic) bond motifs is 1. The third-order valence-corrected chi connectivity index (χ3v) is 4.33. The largest absolute Gasteiger partial charge is 0.389 e. The quantitative estimate of drug-likeness (QED) is 0.783. The molecule has 7 heteroatoms. The first kappa shape index (κ1) is 13.5. The highest BCUT2D eigenvalue weighted by atomic mass is 32.1. The van der Waals surface area contributed by atoms with E-state index in [4.69, 9.17) is 0 Å². The van der Waals surface area contributed by atoms with Crippen LogP contribution in [0, 0.1) is 6.92 Å². The molecule has 1 saturated heterocycles. The molecule has 2 aromatic heterocycles. The molecule has 0 amide bonds. The van der Waals surface area contributed by atoms with Crippen LogP contribution in [0.4, 0.5) is 11.8 Å². The first-order chi connectivity index (χ1) is 9.58. The van der Waals surface area contributed by atoms with Crippen LogP contribution in [-0.2, 0) is 0 Å². The minimum atomic E-state index is -0.720. The predicted octanol–water partition coefficient (Wildman–Crippen LogP) is 0.973. The van der Waals surface area contributed by atoms with Crippen molar-refractivity contribution in [1.29, 1.82) is 0 Å². The molecule has 2 aromatic rings. The minimum absolute atomic E-state index is 0.397. The van der Waals surface area contributed by atoms with Crippen LogP contribution >= 0.6 is 11.3 Å². The Morgan fingerprint density at radius 2 is 2.05 bits per heavy atom. The molecular formula is C13H18N4O2S. The molecule has 0 radical (unpaired) electrons. The van der Waals surface area contributed by atoms with Crippen molar-refractivity contribution in [2.75, 3.05) is 29.9 Å². The highest BCUT2D eigenvalue weighted by molar-refractivity contribution is 7.18. The zero-order chi connectivity index (χ0) is 14.3. The van der Waals surface area contributed by atoms with Crippen molar-refractivity contribution in [3.05, 3.63) is 10.9 Å². The number of aryl methyl sites for hydroxylation is 1. The van der Waals surface area contributed by atoms with Gasteiger partial charge in [-0.15, -0.1) is 11.3 Å². The Hall–Kier alpha value is -1.44. The molecule has 0 spiro atoms. The van der Waals surface area contributed by atoms with Crippen LogP contribution in [0.3, 0.4) is 0 Å².